The van der Waals surface area contributed by atoms with Gasteiger partial charge >= 0.3 is 0 Å². The van der Waals surface area contributed by atoms with Crippen LogP contribution in [0.25, 0.3) is 0 Å². The fourth-order valence-corrected chi connectivity index (χ4v) is 3.49. The Morgan fingerprint density at radius 2 is 1.72 bits per heavy atom. The Hall–Kier alpha value is -2.08. The Kier molecular flexibility index (Phi) is 5.58. The van der Waals surface area contributed by atoms with Crippen molar-refractivity contribution in [3.8, 4) is 0 Å². The van der Waals surface area contributed by atoms with E-state index >= 15 is 0 Å². The van der Waals surface area contributed by atoms with Crippen molar-refractivity contribution in [2.45, 2.75) is 12.8 Å². The van der Waals surface area contributed by atoms with Crippen molar-refractivity contribution in [2.24, 2.45) is 5.92 Å². The fourth-order valence-electron chi connectivity index (χ4n) is 3.49. The minimum Gasteiger partial charge on any atom is -0.378 e. The molecule has 1 aromatic carbocycles. The number of benzene rings is 1. The Balaban J connectivity index is 1.63. The van der Waals surface area contributed by atoms with Crippen molar-refractivity contribution in [1.29, 1.82) is 0 Å². The van der Waals surface area contributed by atoms with E-state index in [0.29, 0.717) is 38.4 Å². The van der Waals surface area contributed by atoms with Crippen molar-refractivity contribution in [3.05, 3.63) is 29.8 Å². The quantitative estimate of drug-likeness (QED) is 0.832. The number of morpholine rings is 1. The maximum atomic E-state index is 12.8. The number of hydrogen-bond donors (Lipinski definition) is 0. The van der Waals surface area contributed by atoms with Gasteiger partial charge in [0.05, 0.1) is 19.1 Å². The first-order valence-electron chi connectivity index (χ1n) is 8.99. The van der Waals surface area contributed by atoms with Crippen molar-refractivity contribution < 1.29 is 14.3 Å². The van der Waals surface area contributed by atoms with Crippen LogP contribution in [0.15, 0.2) is 24.3 Å². The average molecular weight is 345 g/mol. The molecule has 0 aromatic heterocycles. The van der Waals surface area contributed by atoms with Crippen LogP contribution < -0.4 is 4.90 Å². The zero-order valence-electron chi connectivity index (χ0n) is 15.1. The molecule has 2 saturated heterocycles. The second-order valence-electron chi connectivity index (χ2n) is 6.97. The lowest BCUT2D eigenvalue weighted by Crippen LogP contribution is -2.49. The third kappa shape index (κ3) is 4.12. The Bertz CT molecular complexity index is 609. The predicted octanol–water partition coefficient (Wildman–Crippen LogP) is 1.46. The zero-order chi connectivity index (χ0) is 17.8. The number of rotatable bonds is 3. The number of anilines is 1. The second kappa shape index (κ2) is 7.87. The summed E-state index contributed by atoms with van der Waals surface area (Å²) in [6, 6.07) is 7.64. The largest absolute Gasteiger partial charge is 0.378 e. The van der Waals surface area contributed by atoms with Gasteiger partial charge in [0.15, 0.2) is 0 Å². The molecular formula is C19H27N3O3. The van der Waals surface area contributed by atoms with Crippen LogP contribution >= 0.6 is 0 Å². The van der Waals surface area contributed by atoms with E-state index < -0.39 is 0 Å². The highest BCUT2D eigenvalue weighted by Crippen LogP contribution is 2.22. The molecule has 6 heteroatoms. The van der Waals surface area contributed by atoms with E-state index in [0.717, 1.165) is 25.1 Å². The molecule has 1 aromatic rings. The topological polar surface area (TPSA) is 53.1 Å². The van der Waals surface area contributed by atoms with E-state index in [1.54, 1.807) is 0 Å². The number of carbonyl (C=O) groups is 2. The molecule has 0 spiro atoms. The molecule has 1 unspecified atom stereocenters. The van der Waals surface area contributed by atoms with Gasteiger partial charge in [0.25, 0.3) is 5.91 Å². The number of hydrogen-bond acceptors (Lipinski definition) is 4. The monoisotopic (exact) mass is 345 g/mol. The predicted molar refractivity (Wildman–Crippen MR) is 96.8 cm³/mol. The zero-order valence-corrected chi connectivity index (χ0v) is 15.1. The van der Waals surface area contributed by atoms with Gasteiger partial charge in [-0.3, -0.25) is 9.59 Å². The van der Waals surface area contributed by atoms with E-state index in [-0.39, 0.29) is 17.7 Å². The van der Waals surface area contributed by atoms with Crippen molar-refractivity contribution >= 4 is 17.5 Å². The average Bonchev–Trinajstić information content (AvgIpc) is 2.67. The Labute approximate surface area is 149 Å². The van der Waals surface area contributed by atoms with Crippen LogP contribution in [0.2, 0.25) is 0 Å². The molecule has 25 heavy (non-hydrogen) atoms. The smallest absolute Gasteiger partial charge is 0.253 e. The van der Waals surface area contributed by atoms with Crippen molar-refractivity contribution in [2.75, 3.05) is 58.4 Å². The summed E-state index contributed by atoms with van der Waals surface area (Å²) >= 11 is 0. The lowest BCUT2D eigenvalue weighted by Gasteiger charge is -2.36. The van der Waals surface area contributed by atoms with Gasteiger partial charge in [-0.15, -0.1) is 0 Å². The summed E-state index contributed by atoms with van der Waals surface area (Å²) in [6.07, 6.45) is 1.74. The number of likely N-dealkylation sites (tertiary alicyclic amines) is 1. The fraction of sp³-hybridized carbons (Fsp3) is 0.579. The third-order valence-corrected chi connectivity index (χ3v) is 5.01. The number of ether oxygens (including phenoxy) is 1. The summed E-state index contributed by atoms with van der Waals surface area (Å²) < 4.78 is 5.32. The van der Waals surface area contributed by atoms with Gasteiger partial charge in [-0.25, -0.2) is 0 Å². The van der Waals surface area contributed by atoms with E-state index in [1.165, 1.54) is 0 Å². The number of carbonyl (C=O) groups excluding carboxylic acids is 2. The maximum Gasteiger partial charge on any atom is 0.253 e. The number of nitrogens with zero attached hydrogens (tertiary/aromatic N) is 3. The summed E-state index contributed by atoms with van der Waals surface area (Å²) in [5, 5.41) is 0. The molecule has 2 amide bonds. The SMILES string of the molecule is CN(C)c1ccc(C(=O)N2CCCC(C(=O)N3CCOCC3)C2)cc1. The highest BCUT2D eigenvalue weighted by molar-refractivity contribution is 5.95. The summed E-state index contributed by atoms with van der Waals surface area (Å²) in [6.45, 7) is 3.79. The van der Waals surface area contributed by atoms with E-state index in [1.807, 2.05) is 53.1 Å². The summed E-state index contributed by atoms with van der Waals surface area (Å²) in [7, 11) is 3.95. The first-order valence-corrected chi connectivity index (χ1v) is 8.99. The molecule has 1 atom stereocenters. The molecular weight excluding hydrogens is 318 g/mol. The molecule has 3 rings (SSSR count). The lowest BCUT2D eigenvalue weighted by molar-refractivity contribution is -0.141. The molecule has 0 bridgehead atoms. The van der Waals surface area contributed by atoms with E-state index in [2.05, 4.69) is 0 Å². The van der Waals surface area contributed by atoms with Gasteiger partial charge in [0.2, 0.25) is 5.91 Å². The van der Waals surface area contributed by atoms with E-state index in [9.17, 15) is 9.59 Å². The van der Waals surface area contributed by atoms with Gasteiger partial charge in [-0.1, -0.05) is 0 Å². The van der Waals surface area contributed by atoms with Crippen LogP contribution in [0.4, 0.5) is 5.69 Å². The first-order chi connectivity index (χ1) is 12.1. The van der Waals surface area contributed by atoms with Crippen molar-refractivity contribution in [3.63, 3.8) is 0 Å². The van der Waals surface area contributed by atoms with Gasteiger partial charge < -0.3 is 19.4 Å². The summed E-state index contributed by atoms with van der Waals surface area (Å²) in [4.78, 5) is 31.2. The van der Waals surface area contributed by atoms with Crippen molar-refractivity contribution in [1.82, 2.24) is 9.80 Å². The standard InChI is InChI=1S/C19H27N3O3/c1-20(2)17-7-5-15(6-8-17)18(23)22-9-3-4-16(14-22)19(24)21-10-12-25-13-11-21/h5-8,16H,3-4,9-14H2,1-2H3. The van der Waals surface area contributed by atoms with Crippen LogP contribution in [0.3, 0.4) is 0 Å². The normalized spacial score (nSPS) is 21.1. The van der Waals surface area contributed by atoms with Gasteiger partial charge in [0, 0.05) is 51.5 Å². The first kappa shape index (κ1) is 17.7. The Morgan fingerprint density at radius 1 is 1.04 bits per heavy atom. The molecule has 2 fully saturated rings. The van der Waals surface area contributed by atoms with Crippen LogP contribution in [0.5, 0.6) is 0 Å². The third-order valence-electron chi connectivity index (χ3n) is 5.01. The van der Waals surface area contributed by atoms with Crippen LogP contribution in [0.1, 0.15) is 23.2 Å². The van der Waals surface area contributed by atoms with E-state index in [4.69, 9.17) is 4.74 Å². The highest BCUT2D eigenvalue weighted by Gasteiger charge is 2.32. The molecule has 2 aliphatic rings. The maximum absolute atomic E-state index is 12.8. The summed E-state index contributed by atoms with van der Waals surface area (Å²) in [5.74, 6) is 0.102. The molecule has 0 radical (unpaired) electrons. The second-order valence-corrected chi connectivity index (χ2v) is 6.97. The molecule has 6 nitrogen and oxygen atoms in total. The molecule has 2 aliphatic heterocycles. The molecule has 0 N–H and O–H groups in total. The molecule has 136 valence electrons. The van der Waals surface area contributed by atoms with Gasteiger partial charge in [0.1, 0.15) is 0 Å². The van der Waals surface area contributed by atoms with Crippen LogP contribution in [-0.4, -0.2) is 75.1 Å². The van der Waals surface area contributed by atoms with Crippen LogP contribution in [-0.2, 0) is 9.53 Å². The number of amides is 2. The lowest BCUT2D eigenvalue weighted by atomic mass is 9.95. The molecule has 0 saturated carbocycles. The minimum absolute atomic E-state index is 0.0183. The summed E-state index contributed by atoms with van der Waals surface area (Å²) in [5.41, 5.74) is 1.75. The highest BCUT2D eigenvalue weighted by atomic mass is 16.5. The molecule has 2 heterocycles. The molecule has 0 aliphatic carbocycles. The van der Waals surface area contributed by atoms with Crippen LogP contribution in [0, 0.1) is 5.92 Å². The number of piperidine rings is 1. The van der Waals surface area contributed by atoms with Gasteiger partial charge in [-0.2, -0.15) is 0 Å². The minimum atomic E-state index is -0.0863. The van der Waals surface area contributed by atoms with Gasteiger partial charge in [-0.05, 0) is 37.1 Å². The Morgan fingerprint density at radius 3 is 2.36 bits per heavy atom.